The molecule has 0 bridgehead atoms. The predicted molar refractivity (Wildman–Crippen MR) is 86.8 cm³/mol. The van der Waals surface area contributed by atoms with Crippen LogP contribution in [0.4, 0.5) is 4.79 Å². The Morgan fingerprint density at radius 2 is 2.00 bits per heavy atom. The second kappa shape index (κ2) is 7.92. The van der Waals surface area contributed by atoms with Crippen molar-refractivity contribution in [2.24, 2.45) is 0 Å². The van der Waals surface area contributed by atoms with Gasteiger partial charge in [-0.2, -0.15) is 11.8 Å². The van der Waals surface area contributed by atoms with Crippen LogP contribution < -0.4 is 5.32 Å². The van der Waals surface area contributed by atoms with Gasteiger partial charge in [-0.05, 0) is 45.8 Å². The Balaban J connectivity index is 2.55. The normalized spacial score (nSPS) is 22.1. The number of thioether (sulfide) groups is 1. The van der Waals surface area contributed by atoms with Crippen LogP contribution in [0.15, 0.2) is 0 Å². The highest BCUT2D eigenvalue weighted by Crippen LogP contribution is 2.30. The summed E-state index contributed by atoms with van der Waals surface area (Å²) in [5, 5.41) is 12.5. The third-order valence-corrected chi connectivity index (χ3v) is 4.95. The van der Waals surface area contributed by atoms with Crippen molar-refractivity contribution in [1.29, 1.82) is 0 Å². The molecule has 122 valence electrons. The zero-order valence-electron chi connectivity index (χ0n) is 13.5. The van der Waals surface area contributed by atoms with Gasteiger partial charge in [0.1, 0.15) is 0 Å². The van der Waals surface area contributed by atoms with Crippen LogP contribution in [-0.4, -0.2) is 51.1 Å². The molecule has 0 radical (unpaired) electrons. The van der Waals surface area contributed by atoms with Gasteiger partial charge in [-0.25, -0.2) is 4.79 Å². The van der Waals surface area contributed by atoms with Crippen molar-refractivity contribution < 1.29 is 14.7 Å². The van der Waals surface area contributed by atoms with Crippen LogP contribution in [0.1, 0.15) is 53.4 Å². The predicted octanol–water partition coefficient (Wildman–Crippen LogP) is 2.95. The van der Waals surface area contributed by atoms with Gasteiger partial charge in [-0.1, -0.05) is 6.92 Å². The lowest BCUT2D eigenvalue weighted by molar-refractivity contribution is -0.137. The lowest BCUT2D eigenvalue weighted by Crippen LogP contribution is -2.53. The van der Waals surface area contributed by atoms with E-state index in [1.807, 2.05) is 32.5 Å². The molecular formula is C15H28N2O3S. The summed E-state index contributed by atoms with van der Waals surface area (Å²) in [4.78, 5) is 24.8. The van der Waals surface area contributed by atoms with Crippen LogP contribution in [0.25, 0.3) is 0 Å². The fourth-order valence-corrected chi connectivity index (χ4v) is 3.80. The Morgan fingerprint density at radius 3 is 2.52 bits per heavy atom. The molecule has 2 amide bonds. The number of nitrogens with one attached hydrogen (secondary N) is 1. The summed E-state index contributed by atoms with van der Waals surface area (Å²) in [6, 6.07) is 0.0760. The summed E-state index contributed by atoms with van der Waals surface area (Å²) in [6.07, 6.45) is 3.15. The molecule has 1 fully saturated rings. The summed E-state index contributed by atoms with van der Waals surface area (Å²) in [6.45, 7) is 8.19. The summed E-state index contributed by atoms with van der Waals surface area (Å²) >= 11 is 1.96. The van der Waals surface area contributed by atoms with Gasteiger partial charge in [-0.15, -0.1) is 0 Å². The van der Waals surface area contributed by atoms with E-state index in [1.165, 1.54) is 0 Å². The topological polar surface area (TPSA) is 69.6 Å². The van der Waals surface area contributed by atoms with Gasteiger partial charge in [0.05, 0.1) is 6.42 Å². The number of hydrogen-bond acceptors (Lipinski definition) is 3. The van der Waals surface area contributed by atoms with Gasteiger partial charge in [0.2, 0.25) is 0 Å². The van der Waals surface area contributed by atoms with Crippen LogP contribution in [0.5, 0.6) is 0 Å². The Labute approximate surface area is 131 Å². The Bertz CT molecular complexity index is 368. The maximum absolute atomic E-state index is 12.4. The maximum atomic E-state index is 12.4. The van der Waals surface area contributed by atoms with E-state index in [2.05, 4.69) is 12.2 Å². The van der Waals surface area contributed by atoms with Crippen LogP contribution in [-0.2, 0) is 4.79 Å². The minimum absolute atomic E-state index is 0.0241. The molecule has 1 rings (SSSR count). The molecule has 1 saturated carbocycles. The van der Waals surface area contributed by atoms with E-state index in [1.54, 1.807) is 4.90 Å². The van der Waals surface area contributed by atoms with E-state index in [0.717, 1.165) is 25.0 Å². The van der Waals surface area contributed by atoms with E-state index >= 15 is 0 Å². The fraction of sp³-hybridized carbons (Fsp3) is 0.867. The molecule has 0 heterocycles. The first-order valence-electron chi connectivity index (χ1n) is 7.65. The summed E-state index contributed by atoms with van der Waals surface area (Å²) < 4.78 is 0. The van der Waals surface area contributed by atoms with Gasteiger partial charge in [0, 0.05) is 23.4 Å². The van der Waals surface area contributed by atoms with Crippen molar-refractivity contribution in [2.75, 3.05) is 12.3 Å². The van der Waals surface area contributed by atoms with Crippen molar-refractivity contribution in [2.45, 2.75) is 70.2 Å². The highest BCUT2D eigenvalue weighted by Gasteiger charge is 2.31. The van der Waals surface area contributed by atoms with E-state index in [-0.39, 0.29) is 30.6 Å². The molecule has 0 aromatic heterocycles. The van der Waals surface area contributed by atoms with Gasteiger partial charge in [-0.3, -0.25) is 4.79 Å². The fourth-order valence-electron chi connectivity index (χ4n) is 2.66. The molecule has 0 aromatic rings. The van der Waals surface area contributed by atoms with E-state index < -0.39 is 5.97 Å². The lowest BCUT2D eigenvalue weighted by atomic mass is 10.1. The number of aliphatic carboxylic acids is 1. The van der Waals surface area contributed by atoms with E-state index in [9.17, 15) is 9.59 Å². The molecule has 0 saturated heterocycles. The van der Waals surface area contributed by atoms with E-state index in [4.69, 9.17) is 5.11 Å². The average Bonchev–Trinajstić information content (AvgIpc) is 2.75. The van der Waals surface area contributed by atoms with Crippen LogP contribution in [0, 0.1) is 0 Å². The van der Waals surface area contributed by atoms with Crippen molar-refractivity contribution in [3.05, 3.63) is 0 Å². The van der Waals surface area contributed by atoms with Crippen LogP contribution >= 0.6 is 11.8 Å². The first-order chi connectivity index (χ1) is 9.74. The third kappa shape index (κ3) is 6.16. The second-order valence-corrected chi connectivity index (χ2v) is 8.08. The van der Waals surface area contributed by atoms with Crippen molar-refractivity contribution in [3.63, 3.8) is 0 Å². The van der Waals surface area contributed by atoms with Gasteiger partial charge in [0.25, 0.3) is 0 Å². The minimum Gasteiger partial charge on any atom is -0.481 e. The number of rotatable bonds is 6. The Hall–Kier alpha value is -0.910. The number of hydrogen-bond donors (Lipinski definition) is 2. The van der Waals surface area contributed by atoms with Crippen molar-refractivity contribution in [1.82, 2.24) is 10.2 Å². The Morgan fingerprint density at radius 1 is 1.33 bits per heavy atom. The number of amides is 2. The van der Waals surface area contributed by atoms with Gasteiger partial charge < -0.3 is 15.3 Å². The monoisotopic (exact) mass is 316 g/mol. The molecular weight excluding hydrogens is 288 g/mol. The molecule has 5 nitrogen and oxygen atoms in total. The number of urea groups is 1. The highest BCUT2D eigenvalue weighted by molar-refractivity contribution is 7.99. The second-order valence-electron chi connectivity index (χ2n) is 6.50. The first kappa shape index (κ1) is 18.1. The lowest BCUT2D eigenvalue weighted by Gasteiger charge is -2.36. The molecule has 6 heteroatoms. The Kier molecular flexibility index (Phi) is 6.84. The number of carbonyl (C=O) groups is 2. The van der Waals surface area contributed by atoms with Crippen LogP contribution in [0.2, 0.25) is 0 Å². The molecule has 0 aromatic carbocycles. The smallest absolute Gasteiger partial charge is 0.318 e. The highest BCUT2D eigenvalue weighted by atomic mass is 32.2. The number of nitrogens with zero attached hydrogens (tertiary/aromatic N) is 1. The summed E-state index contributed by atoms with van der Waals surface area (Å²) in [5.41, 5.74) is -0.379. The van der Waals surface area contributed by atoms with Gasteiger partial charge in [0.15, 0.2) is 0 Å². The largest absolute Gasteiger partial charge is 0.481 e. The molecule has 2 atom stereocenters. The van der Waals surface area contributed by atoms with Gasteiger partial charge >= 0.3 is 12.0 Å². The molecule has 0 aliphatic heterocycles. The molecule has 1 aliphatic carbocycles. The number of carboxylic acids is 1. The van der Waals surface area contributed by atoms with Crippen molar-refractivity contribution in [3.8, 4) is 0 Å². The molecule has 21 heavy (non-hydrogen) atoms. The molecule has 1 aliphatic rings. The molecule has 2 N–H and O–H groups in total. The molecule has 0 spiro atoms. The summed E-state index contributed by atoms with van der Waals surface area (Å²) in [7, 11) is 0. The standard InChI is InChI=1S/C15H28N2O3S/c1-5-21-12-7-6-11(10-12)16-14(20)17(15(2,3)4)9-8-13(18)19/h11-12H,5-10H2,1-4H3,(H,16,20)(H,18,19). The van der Waals surface area contributed by atoms with Crippen molar-refractivity contribution >= 4 is 23.8 Å². The quantitative estimate of drug-likeness (QED) is 0.790. The third-order valence-electron chi connectivity index (χ3n) is 3.72. The van der Waals surface area contributed by atoms with Crippen LogP contribution in [0.3, 0.4) is 0 Å². The number of carbonyl (C=O) groups excluding carboxylic acids is 1. The zero-order chi connectivity index (χ0) is 16.0. The first-order valence-corrected chi connectivity index (χ1v) is 8.70. The zero-order valence-corrected chi connectivity index (χ0v) is 14.3. The minimum atomic E-state index is -0.877. The van der Waals surface area contributed by atoms with E-state index in [0.29, 0.717) is 5.25 Å². The SMILES string of the molecule is CCSC1CCC(NC(=O)N(CCC(=O)O)C(C)(C)C)C1. The summed E-state index contributed by atoms with van der Waals surface area (Å²) in [5.74, 6) is 0.232. The average molecular weight is 316 g/mol. The maximum Gasteiger partial charge on any atom is 0.318 e. The molecule has 2 unspecified atom stereocenters. The number of carboxylic acid groups (broad SMARTS) is 1.